The van der Waals surface area contributed by atoms with Crippen LogP contribution >= 0.6 is 11.3 Å². The van der Waals surface area contributed by atoms with Crippen molar-refractivity contribution in [2.24, 2.45) is 5.92 Å². The smallest absolute Gasteiger partial charge is 0.259 e. The Balaban J connectivity index is 1.30. The summed E-state index contributed by atoms with van der Waals surface area (Å²) in [6, 6.07) is 7.31. The molecule has 0 unspecified atom stereocenters. The van der Waals surface area contributed by atoms with Crippen LogP contribution in [0.3, 0.4) is 0 Å². The van der Waals surface area contributed by atoms with Crippen LogP contribution in [0.2, 0.25) is 0 Å². The Morgan fingerprint density at radius 3 is 2.70 bits per heavy atom. The van der Waals surface area contributed by atoms with Crippen molar-refractivity contribution in [2.45, 2.75) is 39.5 Å². The third-order valence-corrected chi connectivity index (χ3v) is 7.35. The van der Waals surface area contributed by atoms with E-state index in [9.17, 15) is 14.4 Å². The number of H-pyrrole nitrogens is 1. The fourth-order valence-electron chi connectivity index (χ4n) is 4.17. The summed E-state index contributed by atoms with van der Waals surface area (Å²) in [7, 11) is 1.57. The summed E-state index contributed by atoms with van der Waals surface area (Å²) in [6.07, 6.45) is 1.88. The van der Waals surface area contributed by atoms with Crippen molar-refractivity contribution in [3.63, 3.8) is 0 Å². The number of hydrogen-bond acceptors (Lipinski definition) is 6. The van der Waals surface area contributed by atoms with Crippen molar-refractivity contribution in [2.75, 3.05) is 25.5 Å². The van der Waals surface area contributed by atoms with E-state index in [0.29, 0.717) is 55.0 Å². The maximum atomic E-state index is 12.7. The number of piperidine rings is 1. The van der Waals surface area contributed by atoms with Gasteiger partial charge in [0, 0.05) is 36.7 Å². The SMILES string of the molecule is COc1ccccc1NC(=O)C1CCN(C(=O)CCc2nc3sc(C)c(C)c3c(=O)[nH]2)CC1. The molecule has 9 heteroatoms. The molecule has 2 amide bonds. The highest BCUT2D eigenvalue weighted by molar-refractivity contribution is 7.18. The number of nitrogens with one attached hydrogen (secondary N) is 2. The minimum absolute atomic E-state index is 0.0138. The van der Waals surface area contributed by atoms with Crippen molar-refractivity contribution in [1.29, 1.82) is 0 Å². The number of methoxy groups -OCH3 is 1. The lowest BCUT2D eigenvalue weighted by Crippen LogP contribution is -2.41. The fraction of sp³-hybridized carbons (Fsp3) is 0.417. The second-order valence-corrected chi connectivity index (χ2v) is 9.52. The Morgan fingerprint density at radius 1 is 1.24 bits per heavy atom. The Labute approximate surface area is 196 Å². The first-order valence-corrected chi connectivity index (χ1v) is 11.9. The van der Waals surface area contributed by atoms with Gasteiger partial charge in [0.2, 0.25) is 11.8 Å². The van der Waals surface area contributed by atoms with Gasteiger partial charge in [0.25, 0.3) is 5.56 Å². The van der Waals surface area contributed by atoms with Gasteiger partial charge in [-0.25, -0.2) is 4.98 Å². The molecule has 3 heterocycles. The minimum atomic E-state index is -0.148. The van der Waals surface area contributed by atoms with Gasteiger partial charge >= 0.3 is 0 Å². The van der Waals surface area contributed by atoms with Crippen LogP contribution in [-0.4, -0.2) is 46.9 Å². The molecule has 0 aliphatic carbocycles. The molecule has 8 nitrogen and oxygen atoms in total. The van der Waals surface area contributed by atoms with Crippen molar-refractivity contribution < 1.29 is 14.3 Å². The molecule has 2 aromatic heterocycles. The molecule has 1 aromatic carbocycles. The van der Waals surface area contributed by atoms with Gasteiger partial charge < -0.3 is 19.9 Å². The molecule has 4 rings (SSSR count). The average Bonchev–Trinajstić information content (AvgIpc) is 3.11. The van der Waals surface area contributed by atoms with Crippen molar-refractivity contribution >= 4 is 39.1 Å². The molecule has 1 aliphatic rings. The number of thiophene rings is 1. The van der Waals surface area contributed by atoms with E-state index in [1.165, 1.54) is 11.3 Å². The lowest BCUT2D eigenvalue weighted by Gasteiger charge is -2.31. The Bertz CT molecular complexity index is 1240. The molecule has 1 saturated heterocycles. The molecule has 0 bridgehead atoms. The number of nitrogens with zero attached hydrogens (tertiary/aromatic N) is 2. The number of aromatic nitrogens is 2. The molecule has 0 spiro atoms. The first kappa shape index (κ1) is 23.0. The highest BCUT2D eigenvalue weighted by atomic mass is 32.1. The third kappa shape index (κ3) is 4.93. The Hall–Kier alpha value is -3.20. The van der Waals surface area contributed by atoms with Crippen LogP contribution in [0.15, 0.2) is 29.1 Å². The van der Waals surface area contributed by atoms with Gasteiger partial charge in [-0.2, -0.15) is 0 Å². The number of rotatable bonds is 6. The molecule has 0 radical (unpaired) electrons. The number of benzene rings is 1. The second-order valence-electron chi connectivity index (χ2n) is 8.32. The summed E-state index contributed by atoms with van der Waals surface area (Å²) in [5.41, 5.74) is 1.47. The maximum absolute atomic E-state index is 12.7. The highest BCUT2D eigenvalue weighted by Gasteiger charge is 2.27. The van der Waals surface area contributed by atoms with E-state index in [-0.39, 0.29) is 29.7 Å². The number of aryl methyl sites for hydroxylation is 3. The quantitative estimate of drug-likeness (QED) is 0.577. The summed E-state index contributed by atoms with van der Waals surface area (Å²) in [4.78, 5) is 48.8. The predicted molar refractivity (Wildman–Crippen MR) is 129 cm³/mol. The van der Waals surface area contributed by atoms with Crippen LogP contribution in [0.4, 0.5) is 5.69 Å². The van der Waals surface area contributed by atoms with Gasteiger partial charge in [0.1, 0.15) is 16.4 Å². The standard InChI is InChI=1S/C24H28N4O4S/c1-14-15(2)33-24-21(14)23(31)26-19(27-24)8-9-20(29)28-12-10-16(11-13-28)22(30)25-17-6-4-5-7-18(17)32-3/h4-7,16H,8-13H2,1-3H3,(H,25,30)(H,26,27,31). The van der Waals surface area contributed by atoms with E-state index < -0.39 is 0 Å². The van der Waals surface area contributed by atoms with Gasteiger partial charge in [-0.1, -0.05) is 12.1 Å². The highest BCUT2D eigenvalue weighted by Crippen LogP contribution is 2.27. The van der Waals surface area contributed by atoms with E-state index in [0.717, 1.165) is 15.3 Å². The summed E-state index contributed by atoms with van der Waals surface area (Å²) in [5.74, 6) is 0.970. The van der Waals surface area contributed by atoms with Gasteiger partial charge in [-0.3, -0.25) is 14.4 Å². The Morgan fingerprint density at radius 2 is 1.97 bits per heavy atom. The van der Waals surface area contributed by atoms with Gasteiger partial charge in [0.05, 0.1) is 18.2 Å². The van der Waals surface area contributed by atoms with Crippen LogP contribution in [0.25, 0.3) is 10.2 Å². The van der Waals surface area contributed by atoms with E-state index >= 15 is 0 Å². The first-order valence-electron chi connectivity index (χ1n) is 11.1. The van der Waals surface area contributed by atoms with Gasteiger partial charge in [-0.05, 0) is 44.4 Å². The number of amides is 2. The number of anilines is 1. The molecule has 2 N–H and O–H groups in total. The molecule has 3 aromatic rings. The van der Waals surface area contributed by atoms with Crippen molar-refractivity contribution in [3.05, 3.63) is 50.9 Å². The number of likely N-dealkylation sites (tertiary alicyclic amines) is 1. The monoisotopic (exact) mass is 468 g/mol. The molecule has 33 heavy (non-hydrogen) atoms. The number of para-hydroxylation sites is 2. The van der Waals surface area contributed by atoms with Gasteiger partial charge in [0.15, 0.2) is 0 Å². The zero-order chi connectivity index (χ0) is 23.5. The molecular weight excluding hydrogens is 440 g/mol. The average molecular weight is 469 g/mol. The number of aromatic amines is 1. The summed E-state index contributed by atoms with van der Waals surface area (Å²) in [6.45, 7) is 4.98. The Kier molecular flexibility index (Phi) is 6.78. The van der Waals surface area contributed by atoms with E-state index in [4.69, 9.17) is 4.74 Å². The topological polar surface area (TPSA) is 104 Å². The number of carbonyl (C=O) groups is 2. The molecular formula is C24H28N4O4S. The lowest BCUT2D eigenvalue weighted by atomic mass is 9.95. The van der Waals surface area contributed by atoms with Crippen LogP contribution in [0.1, 0.15) is 35.5 Å². The summed E-state index contributed by atoms with van der Waals surface area (Å²) < 4.78 is 5.29. The lowest BCUT2D eigenvalue weighted by molar-refractivity contribution is -0.134. The number of fused-ring (bicyclic) bond motifs is 1. The zero-order valence-electron chi connectivity index (χ0n) is 19.1. The number of hydrogen-bond donors (Lipinski definition) is 2. The molecule has 174 valence electrons. The van der Waals surface area contributed by atoms with Crippen LogP contribution < -0.4 is 15.6 Å². The normalized spacial score (nSPS) is 14.5. The minimum Gasteiger partial charge on any atom is -0.495 e. The van der Waals surface area contributed by atoms with Crippen molar-refractivity contribution in [1.82, 2.24) is 14.9 Å². The second kappa shape index (κ2) is 9.74. The largest absolute Gasteiger partial charge is 0.495 e. The van der Waals surface area contributed by atoms with E-state index in [1.54, 1.807) is 18.1 Å². The third-order valence-electron chi connectivity index (χ3n) is 6.25. The van der Waals surface area contributed by atoms with Crippen molar-refractivity contribution in [3.8, 4) is 5.75 Å². The number of ether oxygens (including phenoxy) is 1. The van der Waals surface area contributed by atoms with Crippen LogP contribution in [0, 0.1) is 19.8 Å². The molecule has 1 fully saturated rings. The summed E-state index contributed by atoms with van der Waals surface area (Å²) in [5, 5.41) is 3.58. The molecule has 0 saturated carbocycles. The van der Waals surface area contributed by atoms with Gasteiger partial charge in [-0.15, -0.1) is 11.3 Å². The molecule has 1 aliphatic heterocycles. The van der Waals surface area contributed by atoms with Crippen LogP contribution in [-0.2, 0) is 16.0 Å². The van der Waals surface area contributed by atoms with E-state index in [2.05, 4.69) is 15.3 Å². The maximum Gasteiger partial charge on any atom is 0.259 e. The van der Waals surface area contributed by atoms with Crippen LogP contribution in [0.5, 0.6) is 5.75 Å². The summed E-state index contributed by atoms with van der Waals surface area (Å²) >= 11 is 1.50. The van der Waals surface area contributed by atoms with E-state index in [1.807, 2.05) is 32.0 Å². The molecule has 0 atom stereocenters. The fourth-order valence-corrected chi connectivity index (χ4v) is 5.22. The first-order chi connectivity index (χ1) is 15.9. The number of carbonyl (C=O) groups excluding carboxylic acids is 2. The zero-order valence-corrected chi connectivity index (χ0v) is 19.9. The predicted octanol–water partition coefficient (Wildman–Crippen LogP) is 3.42.